The molecule has 1 fully saturated rings. The van der Waals surface area contributed by atoms with Crippen LogP contribution < -0.4 is 5.73 Å². The molecule has 2 aromatic rings. The lowest BCUT2D eigenvalue weighted by Crippen LogP contribution is -2.42. The molecule has 0 saturated carbocycles. The van der Waals surface area contributed by atoms with Gasteiger partial charge in [0.1, 0.15) is 17.8 Å². The van der Waals surface area contributed by atoms with Crippen LogP contribution in [0.4, 0.5) is 10.2 Å². The zero-order valence-corrected chi connectivity index (χ0v) is 17.4. The van der Waals surface area contributed by atoms with Crippen molar-refractivity contribution in [2.24, 2.45) is 0 Å². The first-order valence-electron chi connectivity index (χ1n) is 8.98. The van der Waals surface area contributed by atoms with Gasteiger partial charge >= 0.3 is 0 Å². The lowest BCUT2D eigenvalue weighted by atomic mass is 10.0. The number of alkyl halides is 1. The van der Waals surface area contributed by atoms with Crippen molar-refractivity contribution >= 4 is 25.2 Å². The summed E-state index contributed by atoms with van der Waals surface area (Å²) in [6, 6.07) is 1.80. The van der Waals surface area contributed by atoms with Gasteiger partial charge in [0.25, 0.3) is 0 Å². The summed E-state index contributed by atoms with van der Waals surface area (Å²) >= 11 is 0. The average Bonchev–Trinajstić information content (AvgIpc) is 3.05. The molecule has 1 aliphatic rings. The van der Waals surface area contributed by atoms with Crippen molar-refractivity contribution in [3.05, 3.63) is 18.6 Å². The Hall–Kier alpha value is -1.51. The van der Waals surface area contributed by atoms with Crippen molar-refractivity contribution in [2.75, 3.05) is 12.3 Å². The lowest BCUT2D eigenvalue weighted by Gasteiger charge is -2.36. The standard InChI is InChI=1S/C18H29FN4O2Si/c1-17(2,3)26(5,6)24-10-12-9-18(4,19)16(25-12)23-8-7-13-14(20)21-11-22-15(13)23/h7-8,11-12,16H,9-10H2,1-6H3,(H2,20,21,22)/t12-,16-,18+/m0/s1. The Balaban J connectivity index is 1.79. The molecule has 0 aromatic carbocycles. The quantitative estimate of drug-likeness (QED) is 0.810. The molecule has 0 radical (unpaired) electrons. The number of hydrogen-bond acceptors (Lipinski definition) is 5. The lowest BCUT2D eigenvalue weighted by molar-refractivity contribution is -0.0548. The van der Waals surface area contributed by atoms with Crippen molar-refractivity contribution in [1.29, 1.82) is 0 Å². The van der Waals surface area contributed by atoms with E-state index in [-0.39, 0.29) is 17.6 Å². The molecule has 0 amide bonds. The minimum atomic E-state index is -1.90. The van der Waals surface area contributed by atoms with Crippen molar-refractivity contribution < 1.29 is 13.6 Å². The first-order valence-corrected chi connectivity index (χ1v) is 11.9. The average molecular weight is 381 g/mol. The van der Waals surface area contributed by atoms with E-state index in [1.54, 1.807) is 23.8 Å². The largest absolute Gasteiger partial charge is 0.414 e. The predicted octanol–water partition coefficient (Wildman–Crippen LogP) is 4.05. The van der Waals surface area contributed by atoms with E-state index in [0.717, 1.165) is 0 Å². The fraction of sp³-hybridized carbons (Fsp3) is 0.667. The minimum Gasteiger partial charge on any atom is -0.414 e. The summed E-state index contributed by atoms with van der Waals surface area (Å²) in [5.74, 6) is 0.380. The molecule has 0 unspecified atom stereocenters. The SMILES string of the molecule is CC(C)(C)[Si](C)(C)OC[C@@H]1C[C@@](C)(F)[C@@H](n2ccc3c(N)ncnc32)O1. The van der Waals surface area contributed by atoms with E-state index in [2.05, 4.69) is 43.8 Å². The Morgan fingerprint density at radius 2 is 2.12 bits per heavy atom. The zero-order chi connectivity index (χ0) is 19.3. The van der Waals surface area contributed by atoms with Crippen molar-refractivity contribution in [1.82, 2.24) is 14.5 Å². The molecule has 1 aliphatic heterocycles. The highest BCUT2D eigenvalue weighted by atomic mass is 28.4. The molecule has 0 aliphatic carbocycles. The Kier molecular flexibility index (Phi) is 4.65. The molecule has 26 heavy (non-hydrogen) atoms. The van der Waals surface area contributed by atoms with E-state index in [4.69, 9.17) is 14.9 Å². The van der Waals surface area contributed by atoms with Crippen LogP contribution in [0.15, 0.2) is 18.6 Å². The molecule has 2 aromatic heterocycles. The first-order chi connectivity index (χ1) is 11.9. The van der Waals surface area contributed by atoms with Crippen LogP contribution in [0.2, 0.25) is 18.1 Å². The smallest absolute Gasteiger partial charge is 0.192 e. The van der Waals surface area contributed by atoms with Crippen LogP contribution in [0.25, 0.3) is 11.0 Å². The number of nitrogen functional groups attached to an aromatic ring is 1. The molecular weight excluding hydrogens is 351 g/mol. The van der Waals surface area contributed by atoms with Gasteiger partial charge in [-0.05, 0) is 31.1 Å². The van der Waals surface area contributed by atoms with Crippen LogP contribution in [0.1, 0.15) is 40.3 Å². The van der Waals surface area contributed by atoms with Gasteiger partial charge < -0.3 is 19.5 Å². The molecule has 3 heterocycles. The second-order valence-electron chi connectivity index (χ2n) is 8.88. The van der Waals surface area contributed by atoms with Gasteiger partial charge in [0.15, 0.2) is 20.2 Å². The van der Waals surface area contributed by atoms with Crippen LogP contribution >= 0.6 is 0 Å². The van der Waals surface area contributed by atoms with E-state index >= 15 is 4.39 Å². The van der Waals surface area contributed by atoms with Gasteiger partial charge in [0.2, 0.25) is 0 Å². The molecule has 0 bridgehead atoms. The highest BCUT2D eigenvalue weighted by molar-refractivity contribution is 6.74. The summed E-state index contributed by atoms with van der Waals surface area (Å²) in [5, 5.41) is 0.808. The summed E-state index contributed by atoms with van der Waals surface area (Å²) in [6.07, 6.45) is 2.38. The molecule has 3 rings (SSSR count). The van der Waals surface area contributed by atoms with Crippen LogP contribution in [0.5, 0.6) is 0 Å². The van der Waals surface area contributed by atoms with Gasteiger partial charge in [-0.15, -0.1) is 0 Å². The molecule has 1 saturated heterocycles. The number of fused-ring (bicyclic) bond motifs is 1. The van der Waals surface area contributed by atoms with Crippen molar-refractivity contribution in [2.45, 2.75) is 70.2 Å². The van der Waals surface area contributed by atoms with Gasteiger partial charge in [-0.2, -0.15) is 0 Å². The Labute approximate surface area is 155 Å². The number of rotatable bonds is 4. The summed E-state index contributed by atoms with van der Waals surface area (Å²) in [4.78, 5) is 8.24. The number of hydrogen-bond donors (Lipinski definition) is 1. The third kappa shape index (κ3) is 3.37. The van der Waals surface area contributed by atoms with Crippen molar-refractivity contribution in [3.63, 3.8) is 0 Å². The molecular formula is C18H29FN4O2Si. The number of nitrogens with zero attached hydrogens (tertiary/aromatic N) is 3. The van der Waals surface area contributed by atoms with Crippen LogP contribution in [0.3, 0.4) is 0 Å². The summed E-state index contributed by atoms with van der Waals surface area (Å²) in [6.45, 7) is 12.9. The predicted molar refractivity (Wildman–Crippen MR) is 103 cm³/mol. The number of halogens is 1. The van der Waals surface area contributed by atoms with Gasteiger partial charge in [-0.1, -0.05) is 20.8 Å². The van der Waals surface area contributed by atoms with Gasteiger partial charge in [0, 0.05) is 12.6 Å². The second kappa shape index (κ2) is 6.28. The maximum absolute atomic E-state index is 15.3. The number of aromatic nitrogens is 3. The number of ether oxygens (including phenoxy) is 1. The van der Waals surface area contributed by atoms with Crippen LogP contribution in [-0.2, 0) is 9.16 Å². The van der Waals surface area contributed by atoms with E-state index in [1.807, 2.05) is 0 Å². The second-order valence-corrected chi connectivity index (χ2v) is 13.7. The zero-order valence-electron chi connectivity index (χ0n) is 16.4. The summed E-state index contributed by atoms with van der Waals surface area (Å²) in [7, 11) is -1.90. The summed E-state index contributed by atoms with van der Waals surface area (Å²) in [5.41, 5.74) is 4.95. The fourth-order valence-corrected chi connectivity index (χ4v) is 4.11. The molecule has 2 N–H and O–H groups in total. The maximum atomic E-state index is 15.3. The van der Waals surface area contributed by atoms with E-state index < -0.39 is 20.2 Å². The Morgan fingerprint density at radius 1 is 1.42 bits per heavy atom. The number of anilines is 1. The fourth-order valence-electron chi connectivity index (χ4n) is 3.07. The third-order valence-corrected chi connectivity index (χ3v) is 10.2. The summed E-state index contributed by atoms with van der Waals surface area (Å²) < 4.78 is 29.3. The topological polar surface area (TPSA) is 75.2 Å². The molecule has 8 heteroatoms. The van der Waals surface area contributed by atoms with Crippen LogP contribution in [0, 0.1) is 0 Å². The molecule has 0 spiro atoms. The molecule has 144 valence electrons. The molecule has 3 atom stereocenters. The van der Waals surface area contributed by atoms with Gasteiger partial charge in [-0.25, -0.2) is 14.4 Å². The first kappa shape index (κ1) is 19.3. The van der Waals surface area contributed by atoms with Crippen molar-refractivity contribution in [3.8, 4) is 0 Å². The highest BCUT2D eigenvalue weighted by Gasteiger charge is 2.48. The normalized spacial score (nSPS) is 27.3. The van der Waals surface area contributed by atoms with Gasteiger partial charge in [0.05, 0.1) is 18.1 Å². The van der Waals surface area contributed by atoms with Gasteiger partial charge in [-0.3, -0.25) is 0 Å². The highest BCUT2D eigenvalue weighted by Crippen LogP contribution is 2.43. The van der Waals surface area contributed by atoms with E-state index in [1.165, 1.54) is 6.33 Å². The van der Waals surface area contributed by atoms with Crippen LogP contribution in [-0.4, -0.2) is 41.2 Å². The maximum Gasteiger partial charge on any atom is 0.192 e. The third-order valence-electron chi connectivity index (χ3n) is 5.69. The Bertz CT molecular complexity index is 800. The number of nitrogens with two attached hydrogens (primary N) is 1. The van der Waals surface area contributed by atoms with E-state index in [0.29, 0.717) is 23.5 Å². The molecule has 6 nitrogen and oxygen atoms in total. The Morgan fingerprint density at radius 3 is 2.77 bits per heavy atom. The van der Waals surface area contributed by atoms with E-state index in [9.17, 15) is 0 Å². The minimum absolute atomic E-state index is 0.106. The monoisotopic (exact) mass is 380 g/mol.